The van der Waals surface area contributed by atoms with E-state index < -0.39 is 0 Å². The summed E-state index contributed by atoms with van der Waals surface area (Å²) in [7, 11) is 0. The van der Waals surface area contributed by atoms with Crippen LogP contribution in [0.2, 0.25) is 0 Å². The van der Waals surface area contributed by atoms with Crippen molar-refractivity contribution in [3.63, 3.8) is 0 Å². The molecule has 0 spiro atoms. The quantitative estimate of drug-likeness (QED) is 0.844. The van der Waals surface area contributed by atoms with Gasteiger partial charge < -0.3 is 10.6 Å². The van der Waals surface area contributed by atoms with E-state index in [1.807, 2.05) is 18.2 Å². The van der Waals surface area contributed by atoms with E-state index >= 15 is 0 Å². The standard InChI is InChI=1S/C13H19N3/c1-3-13(4-2)10-15-12(14)16(13)11-8-6-5-7-9-11/h5-9H,3-4,10H2,1-2H3,(H2,14,15). The number of anilines is 1. The Labute approximate surface area is 97.0 Å². The molecule has 1 aromatic rings. The van der Waals surface area contributed by atoms with Crippen LogP contribution in [-0.2, 0) is 0 Å². The van der Waals surface area contributed by atoms with Gasteiger partial charge in [0.2, 0.25) is 0 Å². The molecular formula is C13H19N3. The van der Waals surface area contributed by atoms with Gasteiger partial charge in [0.15, 0.2) is 5.96 Å². The van der Waals surface area contributed by atoms with Crippen LogP contribution < -0.4 is 10.6 Å². The molecule has 3 nitrogen and oxygen atoms in total. The predicted molar refractivity (Wildman–Crippen MR) is 68.7 cm³/mol. The van der Waals surface area contributed by atoms with Gasteiger partial charge in [0.25, 0.3) is 0 Å². The summed E-state index contributed by atoms with van der Waals surface area (Å²) < 4.78 is 0. The summed E-state index contributed by atoms with van der Waals surface area (Å²) in [6.07, 6.45) is 2.12. The maximum Gasteiger partial charge on any atom is 0.196 e. The zero-order valence-corrected chi connectivity index (χ0v) is 9.98. The molecule has 86 valence electrons. The molecule has 0 fully saturated rings. The number of benzene rings is 1. The summed E-state index contributed by atoms with van der Waals surface area (Å²) in [6.45, 7) is 5.21. The van der Waals surface area contributed by atoms with Gasteiger partial charge >= 0.3 is 0 Å². The Kier molecular flexibility index (Phi) is 2.86. The second-order valence-corrected chi connectivity index (χ2v) is 4.28. The van der Waals surface area contributed by atoms with Crippen molar-refractivity contribution >= 4 is 11.6 Å². The fraction of sp³-hybridized carbons (Fsp3) is 0.462. The zero-order chi connectivity index (χ0) is 11.6. The number of para-hydroxylation sites is 1. The first-order valence-corrected chi connectivity index (χ1v) is 5.88. The molecule has 0 amide bonds. The average Bonchev–Trinajstić information content (AvgIpc) is 2.68. The van der Waals surface area contributed by atoms with E-state index in [4.69, 9.17) is 5.73 Å². The smallest absolute Gasteiger partial charge is 0.196 e. The summed E-state index contributed by atoms with van der Waals surface area (Å²) in [4.78, 5) is 6.60. The molecule has 0 aromatic heterocycles. The molecule has 0 saturated carbocycles. The fourth-order valence-corrected chi connectivity index (χ4v) is 2.39. The van der Waals surface area contributed by atoms with Gasteiger partial charge in [0, 0.05) is 5.69 Å². The van der Waals surface area contributed by atoms with Gasteiger partial charge in [0.05, 0.1) is 12.1 Å². The van der Waals surface area contributed by atoms with Gasteiger partial charge in [-0.1, -0.05) is 32.0 Å². The first-order chi connectivity index (χ1) is 7.73. The number of nitrogens with two attached hydrogens (primary N) is 1. The van der Waals surface area contributed by atoms with E-state index in [-0.39, 0.29) is 5.54 Å². The molecule has 1 aliphatic rings. The molecule has 1 heterocycles. The highest BCUT2D eigenvalue weighted by Crippen LogP contribution is 2.33. The summed E-state index contributed by atoms with van der Waals surface area (Å²) in [5.41, 5.74) is 7.23. The van der Waals surface area contributed by atoms with Crippen LogP contribution in [0.5, 0.6) is 0 Å². The highest BCUT2D eigenvalue weighted by atomic mass is 15.4. The largest absolute Gasteiger partial charge is 0.369 e. The zero-order valence-electron chi connectivity index (χ0n) is 9.98. The number of guanidine groups is 1. The van der Waals surface area contributed by atoms with Crippen molar-refractivity contribution in [2.24, 2.45) is 10.7 Å². The molecule has 3 heteroatoms. The van der Waals surface area contributed by atoms with Crippen LogP contribution in [0, 0.1) is 0 Å². The van der Waals surface area contributed by atoms with E-state index in [0.29, 0.717) is 5.96 Å². The number of hydrogen-bond donors (Lipinski definition) is 1. The molecule has 2 N–H and O–H groups in total. The summed E-state index contributed by atoms with van der Waals surface area (Å²) in [5.74, 6) is 0.648. The van der Waals surface area contributed by atoms with Crippen LogP contribution in [0.1, 0.15) is 26.7 Å². The van der Waals surface area contributed by atoms with Crippen molar-refractivity contribution in [1.29, 1.82) is 0 Å². The highest BCUT2D eigenvalue weighted by Gasteiger charge is 2.39. The van der Waals surface area contributed by atoms with E-state index in [1.54, 1.807) is 0 Å². The lowest BCUT2D eigenvalue weighted by atomic mass is 9.91. The van der Waals surface area contributed by atoms with Crippen molar-refractivity contribution in [3.05, 3.63) is 30.3 Å². The maximum atomic E-state index is 6.01. The first kappa shape index (κ1) is 11.0. The van der Waals surface area contributed by atoms with Crippen LogP contribution in [0.4, 0.5) is 5.69 Å². The second-order valence-electron chi connectivity index (χ2n) is 4.28. The lowest BCUT2D eigenvalue weighted by Crippen LogP contribution is -2.51. The molecule has 0 atom stereocenters. The van der Waals surface area contributed by atoms with E-state index in [2.05, 4.69) is 35.9 Å². The van der Waals surface area contributed by atoms with Crippen molar-refractivity contribution in [2.45, 2.75) is 32.2 Å². The van der Waals surface area contributed by atoms with E-state index in [1.165, 1.54) is 0 Å². The average molecular weight is 217 g/mol. The van der Waals surface area contributed by atoms with Crippen LogP contribution >= 0.6 is 0 Å². The van der Waals surface area contributed by atoms with Gasteiger partial charge in [-0.15, -0.1) is 0 Å². The first-order valence-electron chi connectivity index (χ1n) is 5.88. The highest BCUT2D eigenvalue weighted by molar-refractivity contribution is 5.98. The predicted octanol–water partition coefficient (Wildman–Crippen LogP) is 2.38. The Hall–Kier alpha value is -1.51. The summed E-state index contributed by atoms with van der Waals surface area (Å²) in [5, 5.41) is 0. The molecule has 2 rings (SSSR count). The minimum Gasteiger partial charge on any atom is -0.369 e. The Morgan fingerprint density at radius 3 is 2.44 bits per heavy atom. The Morgan fingerprint density at radius 1 is 1.25 bits per heavy atom. The maximum absolute atomic E-state index is 6.01. The second kappa shape index (κ2) is 4.16. The Morgan fingerprint density at radius 2 is 1.88 bits per heavy atom. The van der Waals surface area contributed by atoms with Gasteiger partial charge in [-0.2, -0.15) is 0 Å². The van der Waals surface area contributed by atoms with Crippen molar-refractivity contribution in [3.8, 4) is 0 Å². The van der Waals surface area contributed by atoms with Gasteiger partial charge in [0.1, 0.15) is 0 Å². The van der Waals surface area contributed by atoms with Gasteiger partial charge in [-0.3, -0.25) is 4.99 Å². The fourth-order valence-electron chi connectivity index (χ4n) is 2.39. The lowest BCUT2D eigenvalue weighted by Gasteiger charge is -2.38. The van der Waals surface area contributed by atoms with Gasteiger partial charge in [-0.05, 0) is 25.0 Å². The van der Waals surface area contributed by atoms with E-state index in [0.717, 1.165) is 25.1 Å². The molecule has 1 aromatic carbocycles. The molecule has 0 unspecified atom stereocenters. The summed E-state index contributed by atoms with van der Waals surface area (Å²) in [6, 6.07) is 10.3. The lowest BCUT2D eigenvalue weighted by molar-refractivity contribution is 0.426. The van der Waals surface area contributed by atoms with Crippen molar-refractivity contribution in [1.82, 2.24) is 0 Å². The van der Waals surface area contributed by atoms with Gasteiger partial charge in [-0.25, -0.2) is 0 Å². The van der Waals surface area contributed by atoms with Crippen LogP contribution in [0.15, 0.2) is 35.3 Å². The number of hydrogen-bond acceptors (Lipinski definition) is 3. The van der Waals surface area contributed by atoms with Crippen LogP contribution in [0.25, 0.3) is 0 Å². The molecule has 1 aliphatic heterocycles. The number of nitrogens with zero attached hydrogens (tertiary/aromatic N) is 2. The third-order valence-electron chi connectivity index (χ3n) is 3.57. The van der Waals surface area contributed by atoms with Crippen LogP contribution in [0.3, 0.4) is 0 Å². The number of aliphatic imine (C=N–C) groups is 1. The Bertz CT molecular complexity index is 379. The minimum atomic E-state index is 0.0748. The van der Waals surface area contributed by atoms with E-state index in [9.17, 15) is 0 Å². The molecule has 0 bridgehead atoms. The molecule has 0 aliphatic carbocycles. The normalized spacial score (nSPS) is 18.6. The Balaban J connectivity index is 2.40. The molecule has 0 saturated heterocycles. The SMILES string of the molecule is CCC1(CC)CN=C(N)N1c1ccccc1. The van der Waals surface area contributed by atoms with Crippen molar-refractivity contribution < 1.29 is 0 Å². The summed E-state index contributed by atoms with van der Waals surface area (Å²) >= 11 is 0. The molecular weight excluding hydrogens is 198 g/mol. The molecule has 0 radical (unpaired) electrons. The van der Waals surface area contributed by atoms with Crippen LogP contribution in [-0.4, -0.2) is 18.0 Å². The topological polar surface area (TPSA) is 41.6 Å². The molecule has 16 heavy (non-hydrogen) atoms. The number of rotatable bonds is 3. The third-order valence-corrected chi connectivity index (χ3v) is 3.57. The third kappa shape index (κ3) is 1.56. The monoisotopic (exact) mass is 217 g/mol. The minimum absolute atomic E-state index is 0.0748. The van der Waals surface area contributed by atoms with Crippen molar-refractivity contribution in [2.75, 3.05) is 11.4 Å².